The van der Waals surface area contributed by atoms with Gasteiger partial charge in [0.2, 0.25) is 17.7 Å². The lowest BCUT2D eigenvalue weighted by Gasteiger charge is -2.50. The summed E-state index contributed by atoms with van der Waals surface area (Å²) >= 11 is 12.4. The predicted molar refractivity (Wildman–Crippen MR) is 154 cm³/mol. The zero-order valence-electron chi connectivity index (χ0n) is 23.3. The van der Waals surface area contributed by atoms with Crippen LogP contribution in [0.3, 0.4) is 0 Å². The lowest BCUT2D eigenvalue weighted by Crippen LogP contribution is -2.61. The molecule has 2 aromatic rings. The van der Waals surface area contributed by atoms with E-state index in [1.165, 1.54) is 12.3 Å². The highest BCUT2D eigenvalue weighted by atomic mass is 35.5. The van der Waals surface area contributed by atoms with Crippen LogP contribution in [0.5, 0.6) is 0 Å². The fourth-order valence-corrected chi connectivity index (χ4v) is 7.89. The molecule has 5 atom stereocenters. The second kappa shape index (κ2) is 10.4. The molecule has 1 saturated carbocycles. The van der Waals surface area contributed by atoms with Gasteiger partial charge in [-0.3, -0.25) is 19.7 Å². The number of halogens is 3. The highest BCUT2D eigenvalue weighted by Crippen LogP contribution is 2.63. The first kappa shape index (κ1) is 29.2. The maximum absolute atomic E-state index is 16.0. The molecule has 10 nitrogen and oxygen atoms in total. The molecule has 5 N–H and O–H groups in total. The number of nitrogens with zero attached hydrogens (tertiary/aromatic N) is 2. The summed E-state index contributed by atoms with van der Waals surface area (Å²) in [6, 6.07) is 3.41. The zero-order chi connectivity index (χ0) is 30.0. The van der Waals surface area contributed by atoms with Crippen LogP contribution in [0.15, 0.2) is 24.4 Å². The monoisotopic (exact) mass is 618 g/mol. The number of fused-ring (bicyclic) bond motifs is 3. The Labute approximate surface area is 252 Å². The number of pyridine rings is 2. The second-order valence-electron chi connectivity index (χ2n) is 12.7. The molecule has 2 spiro atoms. The molecule has 2 aromatic heterocycles. The van der Waals surface area contributed by atoms with Crippen molar-refractivity contribution >= 4 is 46.7 Å². The molecule has 6 rings (SSSR count). The molecule has 13 heteroatoms. The van der Waals surface area contributed by atoms with Gasteiger partial charge in [0, 0.05) is 23.2 Å². The number of ether oxygens (including phenoxy) is 1. The lowest BCUT2D eigenvalue weighted by atomic mass is 9.53. The molecular weight excluding hydrogens is 586 g/mol. The number of nitrogens with one attached hydrogen (secondary N) is 3. The van der Waals surface area contributed by atoms with E-state index in [9.17, 15) is 14.4 Å². The van der Waals surface area contributed by atoms with Crippen molar-refractivity contribution in [1.82, 2.24) is 20.6 Å². The molecule has 42 heavy (non-hydrogen) atoms. The van der Waals surface area contributed by atoms with Crippen molar-refractivity contribution in [2.45, 2.75) is 87.4 Å². The summed E-state index contributed by atoms with van der Waals surface area (Å²) in [5, 5.41) is 9.39. The first-order valence-electron chi connectivity index (χ1n) is 14.2. The topological polar surface area (TPSA) is 148 Å². The van der Waals surface area contributed by atoms with Gasteiger partial charge in [-0.05, 0) is 61.6 Å². The van der Waals surface area contributed by atoms with Gasteiger partial charge >= 0.3 is 0 Å². The largest absolute Gasteiger partial charge is 0.367 e. The summed E-state index contributed by atoms with van der Waals surface area (Å²) in [5.41, 5.74) is 3.74. The molecule has 0 bridgehead atoms. The third kappa shape index (κ3) is 4.47. The minimum Gasteiger partial charge on any atom is -0.367 e. The molecule has 0 unspecified atom stereocenters. The van der Waals surface area contributed by atoms with E-state index in [0.29, 0.717) is 37.1 Å². The van der Waals surface area contributed by atoms with Crippen LogP contribution in [0.25, 0.3) is 0 Å². The van der Waals surface area contributed by atoms with Gasteiger partial charge in [-0.2, -0.15) is 0 Å². The van der Waals surface area contributed by atoms with Crippen LogP contribution in [0.1, 0.15) is 69.4 Å². The highest BCUT2D eigenvalue weighted by Gasteiger charge is 2.73. The van der Waals surface area contributed by atoms with Crippen LogP contribution in [-0.2, 0) is 24.5 Å². The van der Waals surface area contributed by atoms with Crippen molar-refractivity contribution in [2.24, 2.45) is 11.1 Å². The van der Waals surface area contributed by atoms with Gasteiger partial charge in [-0.25, -0.2) is 14.4 Å². The van der Waals surface area contributed by atoms with E-state index in [-0.39, 0.29) is 33.8 Å². The lowest BCUT2D eigenvalue weighted by molar-refractivity contribution is -0.134. The van der Waals surface area contributed by atoms with Crippen molar-refractivity contribution in [3.05, 3.63) is 51.6 Å². The molecule has 3 aliphatic heterocycles. The fraction of sp³-hybridized carbons (Fsp3) is 0.552. The van der Waals surface area contributed by atoms with E-state index in [4.69, 9.17) is 33.7 Å². The highest BCUT2D eigenvalue weighted by molar-refractivity contribution is 6.30. The van der Waals surface area contributed by atoms with E-state index < -0.39 is 52.7 Å². The van der Waals surface area contributed by atoms with E-state index in [1.54, 1.807) is 12.1 Å². The van der Waals surface area contributed by atoms with Gasteiger partial charge in [0.15, 0.2) is 11.0 Å². The SMILES string of the molecule is CC1(C)CCC2(CC1)N[C@@H](C(=O)N[C@@H]1CC[C@@H](C(N)=O)OC1)[C@H](c1ccnc(Cl)c1F)[C@]21C(=O)Nc2nc(Cl)ccc21. The number of anilines is 1. The molecule has 3 fully saturated rings. The summed E-state index contributed by atoms with van der Waals surface area (Å²) in [4.78, 5) is 48.5. The molecular formula is C29H33Cl2FN6O4. The van der Waals surface area contributed by atoms with Crippen LogP contribution in [-0.4, -0.2) is 58.0 Å². The van der Waals surface area contributed by atoms with Gasteiger partial charge < -0.3 is 21.1 Å². The van der Waals surface area contributed by atoms with Gasteiger partial charge in [0.25, 0.3) is 0 Å². The van der Waals surface area contributed by atoms with Gasteiger partial charge in [0.1, 0.15) is 22.5 Å². The number of rotatable bonds is 4. The number of aromatic nitrogens is 2. The van der Waals surface area contributed by atoms with Crippen LogP contribution in [0, 0.1) is 11.2 Å². The second-order valence-corrected chi connectivity index (χ2v) is 13.4. The number of primary amides is 1. The van der Waals surface area contributed by atoms with Crippen molar-refractivity contribution in [1.29, 1.82) is 0 Å². The molecule has 1 aliphatic carbocycles. The minimum atomic E-state index is -1.41. The van der Waals surface area contributed by atoms with Crippen molar-refractivity contribution in [2.75, 3.05) is 11.9 Å². The van der Waals surface area contributed by atoms with Crippen LogP contribution < -0.4 is 21.7 Å². The van der Waals surface area contributed by atoms with Gasteiger partial charge in [-0.1, -0.05) is 43.1 Å². The average molecular weight is 620 g/mol. The van der Waals surface area contributed by atoms with Crippen molar-refractivity contribution in [3.63, 3.8) is 0 Å². The predicted octanol–water partition coefficient (Wildman–Crippen LogP) is 3.36. The Morgan fingerprint density at radius 3 is 2.55 bits per heavy atom. The van der Waals surface area contributed by atoms with E-state index >= 15 is 4.39 Å². The normalized spacial score (nSPS) is 31.1. The summed E-state index contributed by atoms with van der Waals surface area (Å²) < 4.78 is 21.5. The Hall–Kier alpha value is -2.86. The van der Waals surface area contributed by atoms with Crippen LogP contribution in [0.2, 0.25) is 10.3 Å². The van der Waals surface area contributed by atoms with Crippen molar-refractivity contribution in [3.8, 4) is 0 Å². The molecule has 5 heterocycles. The Morgan fingerprint density at radius 1 is 1.14 bits per heavy atom. The number of hydrogen-bond acceptors (Lipinski definition) is 7. The maximum atomic E-state index is 16.0. The fourth-order valence-electron chi connectivity index (χ4n) is 7.58. The van der Waals surface area contributed by atoms with Crippen LogP contribution >= 0.6 is 23.2 Å². The molecule has 0 radical (unpaired) electrons. The maximum Gasteiger partial charge on any atom is 0.246 e. The number of nitrogens with two attached hydrogens (primary N) is 1. The van der Waals surface area contributed by atoms with E-state index in [2.05, 4.69) is 39.8 Å². The van der Waals surface area contributed by atoms with Crippen molar-refractivity contribution < 1.29 is 23.5 Å². The number of carbonyl (C=O) groups excluding carboxylic acids is 3. The molecule has 0 aromatic carbocycles. The van der Waals surface area contributed by atoms with E-state index in [0.717, 1.165) is 12.8 Å². The van der Waals surface area contributed by atoms with Crippen LogP contribution in [0.4, 0.5) is 10.2 Å². The minimum absolute atomic E-state index is 0.0156. The Bertz CT molecular complexity index is 1460. The summed E-state index contributed by atoms with van der Waals surface area (Å²) in [6.45, 7) is 4.46. The third-order valence-corrected chi connectivity index (χ3v) is 10.2. The Balaban J connectivity index is 1.49. The van der Waals surface area contributed by atoms with Gasteiger partial charge in [-0.15, -0.1) is 0 Å². The number of amides is 3. The molecule has 3 amide bonds. The third-order valence-electron chi connectivity index (χ3n) is 9.75. The molecule has 2 saturated heterocycles. The standard InChI is InChI=1S/C29H33Cl2FN6O4/c1-27(2)8-10-28(11-9-27)29(16-4-6-18(30)36-24(16)37-26(29)41)19(15-7-12-34-22(31)20(15)32)21(38-28)25(40)35-14-3-5-17(23(33)39)42-13-14/h4,6-7,12,14,17,19,21,38H,3,5,8-11,13H2,1-2H3,(H2,33,39)(H,35,40)(H,36,37,41)/t14-,17+,19+,21-,29-/m1/s1. The van der Waals surface area contributed by atoms with Gasteiger partial charge in [0.05, 0.1) is 18.7 Å². The first-order valence-corrected chi connectivity index (χ1v) is 14.9. The Kier molecular flexibility index (Phi) is 7.23. The smallest absolute Gasteiger partial charge is 0.246 e. The molecule has 4 aliphatic rings. The summed E-state index contributed by atoms with van der Waals surface area (Å²) in [5.74, 6) is -2.84. The number of hydrogen-bond donors (Lipinski definition) is 4. The average Bonchev–Trinajstić information content (AvgIpc) is 3.40. The first-order chi connectivity index (χ1) is 19.9. The Morgan fingerprint density at radius 2 is 1.88 bits per heavy atom. The zero-order valence-corrected chi connectivity index (χ0v) is 24.8. The number of carbonyl (C=O) groups is 3. The summed E-state index contributed by atoms with van der Waals surface area (Å²) in [7, 11) is 0. The summed E-state index contributed by atoms with van der Waals surface area (Å²) in [6.07, 6.45) is 4.17. The molecule has 224 valence electrons. The quantitative estimate of drug-likeness (QED) is 0.384. The van der Waals surface area contributed by atoms with E-state index in [1.807, 2.05) is 0 Å².